The number of nitrogens with zero attached hydrogens (tertiary/aromatic N) is 9. The molecule has 13 nitrogen and oxygen atoms in total. The topological polar surface area (TPSA) is 173 Å². The Balaban J connectivity index is 0.000000140. The van der Waals surface area contributed by atoms with Crippen LogP contribution < -0.4 is 10.6 Å². The summed E-state index contributed by atoms with van der Waals surface area (Å²) in [4.78, 5) is 54.8. The molecule has 13 aromatic rings. The van der Waals surface area contributed by atoms with E-state index in [9.17, 15) is 9.59 Å². The zero-order chi connectivity index (χ0) is 63.0. The van der Waals surface area contributed by atoms with Crippen LogP contribution in [0.25, 0.3) is 78.3 Å². The average Bonchev–Trinajstić information content (AvgIpc) is 0.868. The molecule has 0 saturated carbocycles. The van der Waals surface area contributed by atoms with E-state index in [1.807, 2.05) is 135 Å². The van der Waals surface area contributed by atoms with Gasteiger partial charge in [-0.2, -0.15) is 10.2 Å². The maximum atomic E-state index is 11.9. The third kappa shape index (κ3) is 17.8. The highest BCUT2D eigenvalue weighted by atomic mass is 16.2. The van der Waals surface area contributed by atoms with Gasteiger partial charge >= 0.3 is 0 Å². The van der Waals surface area contributed by atoms with Crippen molar-refractivity contribution in [3.05, 3.63) is 274 Å². The summed E-state index contributed by atoms with van der Waals surface area (Å²) < 4.78 is 0. The minimum absolute atomic E-state index is 0.00463. The second kappa shape index (κ2) is 29.4. The number of carbonyl (C=O) groups excluding carboxylic acids is 2. The number of anilines is 1. The van der Waals surface area contributed by atoms with E-state index >= 15 is 0 Å². The number of azo groups is 1. The van der Waals surface area contributed by atoms with Gasteiger partial charge in [-0.1, -0.05) is 172 Å². The van der Waals surface area contributed by atoms with Crippen LogP contribution in [0.1, 0.15) is 67.4 Å². The molecule has 0 saturated heterocycles. The number of hydrogen-bond acceptors (Lipinski definition) is 11. The van der Waals surface area contributed by atoms with Gasteiger partial charge in [0.1, 0.15) is 0 Å². The molecule has 2 amide bonds. The van der Waals surface area contributed by atoms with E-state index in [1.165, 1.54) is 51.4 Å². The summed E-state index contributed by atoms with van der Waals surface area (Å²) in [6.07, 6.45) is 0. The molecule has 0 radical (unpaired) electrons. The van der Waals surface area contributed by atoms with Crippen LogP contribution >= 0.6 is 0 Å². The molecule has 0 unspecified atom stereocenters. The third-order valence-electron chi connectivity index (χ3n) is 14.2. The van der Waals surface area contributed by atoms with Crippen LogP contribution in [0, 0.1) is 62.3 Å². The number of aromatic nitrogens is 7. The lowest BCUT2D eigenvalue weighted by molar-refractivity contribution is -0.118. The van der Waals surface area contributed by atoms with Crippen molar-refractivity contribution in [1.82, 2.24) is 40.2 Å². The number of rotatable bonds is 7. The maximum absolute atomic E-state index is 11.9. The molecule has 3 aromatic heterocycles. The molecular formula is C76H71N11O2. The van der Waals surface area contributed by atoms with Crippen molar-refractivity contribution in [3.63, 3.8) is 0 Å². The monoisotopic (exact) mass is 1170 g/mol. The van der Waals surface area contributed by atoms with Crippen molar-refractivity contribution in [2.24, 2.45) is 10.2 Å². The van der Waals surface area contributed by atoms with Gasteiger partial charge in [-0.05, 0) is 158 Å². The molecule has 10 aromatic carbocycles. The largest absolute Gasteiger partial charge is 0.359 e. The highest BCUT2D eigenvalue weighted by molar-refractivity contribution is 6.04. The van der Waals surface area contributed by atoms with E-state index in [4.69, 9.17) is 34.9 Å². The lowest BCUT2D eigenvalue weighted by Gasteiger charge is -2.09. The summed E-state index contributed by atoms with van der Waals surface area (Å²) >= 11 is 0. The number of nitrogens with one attached hydrogen (secondary N) is 2. The van der Waals surface area contributed by atoms with Crippen LogP contribution in [0.15, 0.2) is 229 Å². The fourth-order valence-corrected chi connectivity index (χ4v) is 8.82. The summed E-state index contributed by atoms with van der Waals surface area (Å²) in [6.45, 7) is 20.0. The lowest BCUT2D eigenvalue weighted by Crippen LogP contribution is -2.11. The van der Waals surface area contributed by atoms with Crippen molar-refractivity contribution in [3.8, 4) is 34.2 Å². The molecule has 0 aliphatic rings. The fraction of sp³-hybridized carbons (Fsp3) is 0.145. The van der Waals surface area contributed by atoms with E-state index in [0.717, 1.165) is 83.4 Å². The Morgan fingerprint density at radius 1 is 0.303 bits per heavy atom. The van der Waals surface area contributed by atoms with E-state index in [2.05, 4.69) is 166 Å². The first-order valence-electron chi connectivity index (χ1n) is 29.3. The van der Waals surface area contributed by atoms with Crippen molar-refractivity contribution in [1.29, 1.82) is 0 Å². The van der Waals surface area contributed by atoms with Crippen LogP contribution in [-0.2, 0) is 4.79 Å². The summed E-state index contributed by atoms with van der Waals surface area (Å²) in [7, 11) is 1.60. The van der Waals surface area contributed by atoms with Crippen molar-refractivity contribution in [2.45, 2.75) is 69.2 Å². The summed E-state index contributed by atoms with van der Waals surface area (Å²) in [6, 6.07) is 72.3. The Bertz CT molecular complexity index is 4290. The lowest BCUT2D eigenvalue weighted by atomic mass is 10.1. The predicted octanol–water partition coefficient (Wildman–Crippen LogP) is 18.3. The van der Waals surface area contributed by atoms with Gasteiger partial charge in [0.2, 0.25) is 5.91 Å². The van der Waals surface area contributed by atoms with Gasteiger partial charge in [-0.25, -0.2) is 34.9 Å². The Morgan fingerprint density at radius 3 is 0.876 bits per heavy atom. The van der Waals surface area contributed by atoms with Crippen molar-refractivity contribution in [2.75, 3.05) is 12.4 Å². The number of benzene rings is 10. The Kier molecular flexibility index (Phi) is 20.6. The number of amides is 2. The van der Waals surface area contributed by atoms with Gasteiger partial charge in [0.15, 0.2) is 17.5 Å². The van der Waals surface area contributed by atoms with Crippen molar-refractivity contribution < 1.29 is 9.59 Å². The highest BCUT2D eigenvalue weighted by Crippen LogP contribution is 2.27. The molecule has 0 aliphatic carbocycles. The zero-order valence-electron chi connectivity index (χ0n) is 52.1. The molecular weight excluding hydrogens is 1100 g/mol. The van der Waals surface area contributed by atoms with Crippen LogP contribution in [0.2, 0.25) is 0 Å². The van der Waals surface area contributed by atoms with Crippen molar-refractivity contribution >= 4 is 73.0 Å². The fourth-order valence-electron chi connectivity index (χ4n) is 8.82. The van der Waals surface area contributed by atoms with Gasteiger partial charge in [0.05, 0.1) is 55.5 Å². The molecule has 0 spiro atoms. The van der Waals surface area contributed by atoms with E-state index in [-0.39, 0.29) is 11.8 Å². The standard InChI is InChI=1S/C24H21N3.C20H14N4.C15H15NO.C14H14N2.C3H7NO/c1-16-4-10-19(11-5-16)22-25-23(20-12-6-17(2)7-13-20)27-24(26-22)21-14-8-18(3)9-15-21;1-11-3-5-13-15(7-11)23-19-9-18-20(10-17(19)21-13)24-16-8-12(2)4-6-14(16)22-18;1-11-3-7-13(8-4-11)15(17)16-14-9-5-12(2)6-10-14;1-11-3-7-13(8-4-11)15-16-14-9-5-12(2)6-10-14;1-3(5)4-2/h4-15H,1-3H3;3-10H,1-2H3;3-10H,1-2H3,(H,16,17);3-10H,1-2H3;1-2H3,(H,4,5). The number of hydrogen-bond donors (Lipinski definition) is 2. The van der Waals surface area contributed by atoms with E-state index in [1.54, 1.807) is 7.05 Å². The normalized spacial score (nSPS) is 10.7. The molecule has 0 atom stereocenters. The molecule has 442 valence electrons. The molecule has 0 aliphatic heterocycles. The molecule has 2 N–H and O–H groups in total. The van der Waals surface area contributed by atoms with Crippen LogP contribution in [0.4, 0.5) is 17.1 Å². The van der Waals surface area contributed by atoms with Gasteiger partial charge in [-0.3, -0.25) is 9.59 Å². The van der Waals surface area contributed by atoms with Crippen LogP contribution in [0.5, 0.6) is 0 Å². The summed E-state index contributed by atoms with van der Waals surface area (Å²) in [5.74, 6) is 2.00. The Hall–Kier alpha value is -11.1. The Morgan fingerprint density at radius 2 is 0.562 bits per heavy atom. The second-order valence-corrected chi connectivity index (χ2v) is 22.0. The molecule has 3 heterocycles. The average molecular weight is 1170 g/mol. The molecule has 0 fully saturated rings. The Labute approximate surface area is 520 Å². The molecule has 13 heteroatoms. The minimum atomic E-state index is -0.0751. The molecule has 89 heavy (non-hydrogen) atoms. The zero-order valence-corrected chi connectivity index (χ0v) is 52.1. The van der Waals surface area contributed by atoms with Gasteiger partial charge in [0.25, 0.3) is 5.91 Å². The smallest absolute Gasteiger partial charge is 0.255 e. The van der Waals surface area contributed by atoms with E-state index < -0.39 is 0 Å². The van der Waals surface area contributed by atoms with Crippen LogP contribution in [-0.4, -0.2) is 53.7 Å². The molecule has 13 rings (SSSR count). The minimum Gasteiger partial charge on any atom is -0.359 e. The van der Waals surface area contributed by atoms with Gasteiger partial charge < -0.3 is 10.6 Å². The second-order valence-electron chi connectivity index (χ2n) is 22.0. The van der Waals surface area contributed by atoms with Crippen LogP contribution in [0.3, 0.4) is 0 Å². The number of fused-ring (bicyclic) bond motifs is 4. The van der Waals surface area contributed by atoms with Gasteiger partial charge in [-0.15, -0.1) is 0 Å². The third-order valence-corrected chi connectivity index (χ3v) is 14.2. The first-order valence-corrected chi connectivity index (χ1v) is 29.3. The van der Waals surface area contributed by atoms with E-state index in [0.29, 0.717) is 23.0 Å². The maximum Gasteiger partial charge on any atom is 0.255 e. The quantitative estimate of drug-likeness (QED) is 0.116. The predicted molar refractivity (Wildman–Crippen MR) is 364 cm³/mol. The number of aryl methyl sites for hydroxylation is 9. The molecule has 0 bridgehead atoms. The first-order chi connectivity index (χ1) is 42.9. The highest BCUT2D eigenvalue weighted by Gasteiger charge is 2.13. The SMILES string of the molecule is CNC(C)=O.Cc1ccc(-c2nc(-c3ccc(C)cc3)nc(-c3ccc(C)cc3)n2)cc1.Cc1ccc(N=Nc2ccc(C)cc2)cc1.Cc1ccc(NC(=O)c2ccc(C)cc2)cc1.Cc1ccc2nc3cc4nc5cc(C)ccc5nc4cc3nc2c1. The van der Waals surface area contributed by atoms with Gasteiger partial charge in [0, 0.05) is 41.9 Å². The summed E-state index contributed by atoms with van der Waals surface area (Å²) in [5, 5.41) is 13.6. The summed E-state index contributed by atoms with van der Waals surface area (Å²) in [5.41, 5.74) is 24.0. The number of carbonyl (C=O) groups is 2. The first kappa shape index (κ1) is 62.5.